The van der Waals surface area contributed by atoms with Crippen LogP contribution in [-0.2, 0) is 11.3 Å². The van der Waals surface area contributed by atoms with Crippen LogP contribution in [-0.4, -0.2) is 11.2 Å². The normalized spacial score (nSPS) is 12.0. The van der Waals surface area contributed by atoms with Gasteiger partial charge in [0.05, 0.1) is 10.3 Å². The predicted octanol–water partition coefficient (Wildman–Crippen LogP) is 4.79. The van der Waals surface area contributed by atoms with Crippen molar-refractivity contribution >= 4 is 40.9 Å². The van der Waals surface area contributed by atoms with Crippen LogP contribution < -0.4 is 5.32 Å². The molecular formula is C16H15Cl2NOS. The maximum absolute atomic E-state index is 12.1. The highest BCUT2D eigenvalue weighted by molar-refractivity contribution is 8.00. The van der Waals surface area contributed by atoms with E-state index in [1.807, 2.05) is 55.5 Å². The van der Waals surface area contributed by atoms with Gasteiger partial charge in [0.2, 0.25) is 5.91 Å². The Balaban J connectivity index is 1.91. The van der Waals surface area contributed by atoms with Crippen molar-refractivity contribution in [3.8, 4) is 0 Å². The molecule has 1 unspecified atom stereocenters. The van der Waals surface area contributed by atoms with Crippen LogP contribution in [0.1, 0.15) is 12.5 Å². The van der Waals surface area contributed by atoms with E-state index in [9.17, 15) is 4.79 Å². The summed E-state index contributed by atoms with van der Waals surface area (Å²) >= 11 is 13.6. The van der Waals surface area contributed by atoms with Gasteiger partial charge in [-0.2, -0.15) is 0 Å². The number of carbonyl (C=O) groups excluding carboxylic acids is 1. The van der Waals surface area contributed by atoms with Gasteiger partial charge in [0, 0.05) is 16.5 Å². The number of thioether (sulfide) groups is 1. The van der Waals surface area contributed by atoms with Crippen molar-refractivity contribution in [3.05, 3.63) is 64.1 Å². The smallest absolute Gasteiger partial charge is 0.233 e. The molecule has 0 aliphatic carbocycles. The summed E-state index contributed by atoms with van der Waals surface area (Å²) in [6.07, 6.45) is 0. The summed E-state index contributed by atoms with van der Waals surface area (Å²) in [5, 5.41) is 3.98. The maximum atomic E-state index is 12.1. The first-order valence-corrected chi connectivity index (χ1v) is 8.14. The van der Waals surface area contributed by atoms with Crippen LogP contribution in [0.3, 0.4) is 0 Å². The molecule has 2 aromatic rings. The first-order chi connectivity index (χ1) is 10.1. The molecule has 0 aromatic heterocycles. The molecule has 0 aliphatic heterocycles. The molecule has 0 bridgehead atoms. The van der Waals surface area contributed by atoms with E-state index in [4.69, 9.17) is 23.2 Å². The van der Waals surface area contributed by atoms with E-state index >= 15 is 0 Å². The van der Waals surface area contributed by atoms with Gasteiger partial charge in [-0.15, -0.1) is 11.8 Å². The molecule has 0 aliphatic rings. The summed E-state index contributed by atoms with van der Waals surface area (Å²) in [4.78, 5) is 13.0. The molecule has 2 aromatic carbocycles. The van der Waals surface area contributed by atoms with Crippen LogP contribution in [0.25, 0.3) is 0 Å². The van der Waals surface area contributed by atoms with Crippen LogP contribution in [0.2, 0.25) is 10.0 Å². The van der Waals surface area contributed by atoms with Gasteiger partial charge in [-0.25, -0.2) is 0 Å². The van der Waals surface area contributed by atoms with Crippen molar-refractivity contribution in [2.24, 2.45) is 0 Å². The summed E-state index contributed by atoms with van der Waals surface area (Å²) in [5.41, 5.74) is 0.905. The Hall–Kier alpha value is -1.16. The van der Waals surface area contributed by atoms with Gasteiger partial charge in [-0.05, 0) is 30.7 Å². The van der Waals surface area contributed by atoms with Crippen molar-refractivity contribution in [3.63, 3.8) is 0 Å². The third-order valence-corrected chi connectivity index (χ3v) is 4.91. The SMILES string of the molecule is CC(Sc1ccccc1Cl)C(=O)NCc1ccccc1Cl. The maximum Gasteiger partial charge on any atom is 0.233 e. The van der Waals surface area contributed by atoms with Crippen molar-refractivity contribution in [2.75, 3.05) is 0 Å². The van der Waals surface area contributed by atoms with Crippen LogP contribution in [0.15, 0.2) is 53.4 Å². The lowest BCUT2D eigenvalue weighted by Gasteiger charge is -2.13. The van der Waals surface area contributed by atoms with Crippen LogP contribution in [0.5, 0.6) is 0 Å². The quantitative estimate of drug-likeness (QED) is 0.793. The molecule has 110 valence electrons. The topological polar surface area (TPSA) is 29.1 Å². The Bertz CT molecular complexity index is 633. The molecule has 0 heterocycles. The molecule has 21 heavy (non-hydrogen) atoms. The molecule has 0 radical (unpaired) electrons. The Labute approximate surface area is 138 Å². The van der Waals surface area contributed by atoms with Gasteiger partial charge in [-0.1, -0.05) is 53.5 Å². The van der Waals surface area contributed by atoms with Crippen LogP contribution in [0.4, 0.5) is 0 Å². The molecular weight excluding hydrogens is 325 g/mol. The molecule has 5 heteroatoms. The summed E-state index contributed by atoms with van der Waals surface area (Å²) < 4.78 is 0. The van der Waals surface area contributed by atoms with Crippen LogP contribution in [0, 0.1) is 0 Å². The first kappa shape index (κ1) is 16.2. The zero-order valence-corrected chi connectivity index (χ0v) is 13.8. The summed E-state index contributed by atoms with van der Waals surface area (Å²) in [5.74, 6) is -0.0418. The van der Waals surface area contributed by atoms with Gasteiger partial charge >= 0.3 is 0 Å². The Morgan fingerprint density at radius 2 is 1.71 bits per heavy atom. The highest BCUT2D eigenvalue weighted by atomic mass is 35.5. The minimum atomic E-state index is -0.229. The molecule has 0 spiro atoms. The lowest BCUT2D eigenvalue weighted by atomic mass is 10.2. The fraction of sp³-hybridized carbons (Fsp3) is 0.188. The van der Waals surface area contributed by atoms with Gasteiger partial charge in [0.25, 0.3) is 0 Å². The average molecular weight is 340 g/mol. The molecule has 1 N–H and O–H groups in total. The number of rotatable bonds is 5. The fourth-order valence-corrected chi connectivity index (χ4v) is 3.13. The monoisotopic (exact) mass is 339 g/mol. The van der Waals surface area contributed by atoms with E-state index in [0.29, 0.717) is 16.6 Å². The highest BCUT2D eigenvalue weighted by Crippen LogP contribution is 2.30. The second kappa shape index (κ2) is 7.74. The van der Waals surface area contributed by atoms with Gasteiger partial charge in [0.1, 0.15) is 0 Å². The number of nitrogens with one attached hydrogen (secondary N) is 1. The number of benzene rings is 2. The molecule has 2 rings (SSSR count). The number of halogens is 2. The standard InChI is InChI=1S/C16H15Cl2NOS/c1-11(21-15-9-5-4-8-14(15)18)16(20)19-10-12-6-2-3-7-13(12)17/h2-9,11H,10H2,1H3,(H,19,20). The van der Waals surface area contributed by atoms with Gasteiger partial charge in [-0.3, -0.25) is 4.79 Å². The van der Waals surface area contributed by atoms with E-state index in [2.05, 4.69) is 5.32 Å². The number of hydrogen-bond donors (Lipinski definition) is 1. The fourth-order valence-electron chi connectivity index (χ4n) is 1.75. The molecule has 0 saturated carbocycles. The largest absolute Gasteiger partial charge is 0.351 e. The van der Waals surface area contributed by atoms with Crippen molar-refractivity contribution in [1.29, 1.82) is 0 Å². The van der Waals surface area contributed by atoms with E-state index in [0.717, 1.165) is 10.5 Å². The van der Waals surface area contributed by atoms with Crippen molar-refractivity contribution in [2.45, 2.75) is 23.6 Å². The first-order valence-electron chi connectivity index (χ1n) is 6.50. The summed E-state index contributed by atoms with van der Waals surface area (Å²) in [6, 6.07) is 15.0. The number of amides is 1. The van der Waals surface area contributed by atoms with Gasteiger partial charge < -0.3 is 5.32 Å². The van der Waals surface area contributed by atoms with E-state index in [1.165, 1.54) is 11.8 Å². The molecule has 2 nitrogen and oxygen atoms in total. The Kier molecular flexibility index (Phi) is 5.97. The third-order valence-electron chi connectivity index (χ3n) is 2.92. The zero-order valence-electron chi connectivity index (χ0n) is 11.5. The summed E-state index contributed by atoms with van der Waals surface area (Å²) in [7, 11) is 0. The zero-order chi connectivity index (χ0) is 15.2. The highest BCUT2D eigenvalue weighted by Gasteiger charge is 2.15. The second-order valence-corrected chi connectivity index (χ2v) is 6.70. The van der Waals surface area contributed by atoms with Crippen molar-refractivity contribution < 1.29 is 4.79 Å². The lowest BCUT2D eigenvalue weighted by Crippen LogP contribution is -2.30. The molecule has 1 atom stereocenters. The van der Waals surface area contributed by atoms with E-state index < -0.39 is 0 Å². The second-order valence-electron chi connectivity index (χ2n) is 4.50. The van der Waals surface area contributed by atoms with E-state index in [1.54, 1.807) is 0 Å². The minimum absolute atomic E-state index is 0.0418. The Morgan fingerprint density at radius 3 is 2.38 bits per heavy atom. The molecule has 0 fully saturated rings. The lowest BCUT2D eigenvalue weighted by molar-refractivity contribution is -0.120. The predicted molar refractivity (Wildman–Crippen MR) is 90.1 cm³/mol. The summed E-state index contributed by atoms with van der Waals surface area (Å²) in [6.45, 7) is 2.28. The average Bonchev–Trinajstić information content (AvgIpc) is 2.48. The minimum Gasteiger partial charge on any atom is -0.351 e. The number of carbonyl (C=O) groups is 1. The van der Waals surface area contributed by atoms with Gasteiger partial charge in [0.15, 0.2) is 0 Å². The number of hydrogen-bond acceptors (Lipinski definition) is 2. The molecule has 0 saturated heterocycles. The van der Waals surface area contributed by atoms with Crippen LogP contribution >= 0.6 is 35.0 Å². The third kappa shape index (κ3) is 4.67. The van der Waals surface area contributed by atoms with Crippen molar-refractivity contribution in [1.82, 2.24) is 5.32 Å². The molecule has 1 amide bonds. The van der Waals surface area contributed by atoms with E-state index in [-0.39, 0.29) is 11.2 Å². The Morgan fingerprint density at radius 1 is 1.10 bits per heavy atom.